The minimum atomic E-state index is -1.23. The number of ether oxygens (including phenoxy) is 1. The molecule has 6 heteroatoms. The van der Waals surface area contributed by atoms with E-state index in [4.69, 9.17) is 4.74 Å². The van der Waals surface area contributed by atoms with Crippen LogP contribution in [0, 0.1) is 0 Å². The second-order valence-corrected chi connectivity index (χ2v) is 8.76. The van der Waals surface area contributed by atoms with Gasteiger partial charge in [0.2, 0.25) is 0 Å². The Kier molecular flexibility index (Phi) is 6.07. The van der Waals surface area contributed by atoms with Gasteiger partial charge >= 0.3 is 6.03 Å². The number of carbonyl (C=O) groups is 2. The van der Waals surface area contributed by atoms with E-state index < -0.39 is 5.54 Å². The van der Waals surface area contributed by atoms with E-state index in [1.807, 2.05) is 79.7 Å². The van der Waals surface area contributed by atoms with Crippen LogP contribution in [0.25, 0.3) is 0 Å². The lowest BCUT2D eigenvalue weighted by Gasteiger charge is -2.30. The summed E-state index contributed by atoms with van der Waals surface area (Å²) in [7, 11) is 0. The number of hydrogen-bond donors (Lipinski definition) is 1. The molecular weight excluding hydrogens is 426 g/mol. The van der Waals surface area contributed by atoms with Crippen molar-refractivity contribution in [3.8, 4) is 5.75 Å². The molecule has 0 spiro atoms. The fourth-order valence-corrected chi connectivity index (χ4v) is 5.15. The minimum Gasteiger partial charge on any atom is -0.494 e. The van der Waals surface area contributed by atoms with Crippen LogP contribution in [0.2, 0.25) is 0 Å². The van der Waals surface area contributed by atoms with Gasteiger partial charge in [0, 0.05) is 12.6 Å². The highest BCUT2D eigenvalue weighted by Gasteiger charge is 2.54. The zero-order valence-corrected chi connectivity index (χ0v) is 19.3. The topological polar surface area (TPSA) is 61.9 Å². The monoisotopic (exact) mass is 455 g/mol. The molecule has 1 N–H and O–H groups in total. The van der Waals surface area contributed by atoms with Crippen LogP contribution in [-0.4, -0.2) is 41.6 Å². The van der Waals surface area contributed by atoms with E-state index in [1.54, 1.807) is 0 Å². The Morgan fingerprint density at radius 2 is 1.53 bits per heavy atom. The molecule has 0 aromatic heterocycles. The molecule has 2 fully saturated rings. The van der Waals surface area contributed by atoms with Crippen molar-refractivity contribution in [3.05, 3.63) is 102 Å². The maximum atomic E-state index is 14.0. The fraction of sp³-hybridized carbons (Fsp3) is 0.286. The second-order valence-electron chi connectivity index (χ2n) is 8.76. The van der Waals surface area contributed by atoms with Crippen LogP contribution in [0.4, 0.5) is 4.79 Å². The summed E-state index contributed by atoms with van der Waals surface area (Å²) in [6, 6.07) is 26.9. The standard InChI is InChI=1S/C28H29N3O3/c1-2-34-24-17-15-21(16-18-24)25-14-9-19-30(25)20-31-26(32)28(29-27(31)33,22-10-5-3-6-11-22)23-12-7-4-8-13-23/h3-8,10-13,15-18,25H,2,9,14,19-20H2,1H3,(H,29,33). The van der Waals surface area contributed by atoms with Gasteiger partial charge in [-0.05, 0) is 48.6 Å². The molecule has 1 unspecified atom stereocenters. The largest absolute Gasteiger partial charge is 0.494 e. The number of urea groups is 1. The van der Waals surface area contributed by atoms with Gasteiger partial charge < -0.3 is 10.1 Å². The van der Waals surface area contributed by atoms with E-state index >= 15 is 0 Å². The lowest BCUT2D eigenvalue weighted by atomic mass is 9.83. The van der Waals surface area contributed by atoms with Crippen molar-refractivity contribution in [2.75, 3.05) is 19.8 Å². The third kappa shape index (κ3) is 3.84. The van der Waals surface area contributed by atoms with Crippen LogP contribution >= 0.6 is 0 Å². The van der Waals surface area contributed by atoms with E-state index in [2.05, 4.69) is 22.3 Å². The molecule has 1 atom stereocenters. The van der Waals surface area contributed by atoms with Gasteiger partial charge in [-0.3, -0.25) is 9.69 Å². The zero-order chi connectivity index (χ0) is 23.5. The van der Waals surface area contributed by atoms with E-state index in [0.29, 0.717) is 6.61 Å². The summed E-state index contributed by atoms with van der Waals surface area (Å²) in [5.74, 6) is 0.604. The van der Waals surface area contributed by atoms with Crippen molar-refractivity contribution in [2.45, 2.75) is 31.3 Å². The maximum absolute atomic E-state index is 14.0. The number of benzene rings is 3. The first kappa shape index (κ1) is 22.2. The highest BCUT2D eigenvalue weighted by Crippen LogP contribution is 2.38. The van der Waals surface area contributed by atoms with Crippen LogP contribution in [-0.2, 0) is 10.3 Å². The summed E-state index contributed by atoms with van der Waals surface area (Å²) in [6.07, 6.45) is 2.00. The second kappa shape index (κ2) is 9.31. The maximum Gasteiger partial charge on any atom is 0.326 e. The van der Waals surface area contributed by atoms with Crippen molar-refractivity contribution >= 4 is 11.9 Å². The molecule has 0 bridgehead atoms. The summed E-state index contributed by atoms with van der Waals surface area (Å²) in [5, 5.41) is 3.04. The van der Waals surface area contributed by atoms with Crippen LogP contribution in [0.1, 0.15) is 42.5 Å². The normalized spacial score (nSPS) is 19.9. The molecule has 174 valence electrons. The molecule has 0 aliphatic carbocycles. The molecule has 2 heterocycles. The van der Waals surface area contributed by atoms with Crippen molar-refractivity contribution in [2.24, 2.45) is 0 Å². The van der Waals surface area contributed by atoms with Gasteiger partial charge in [0.25, 0.3) is 5.91 Å². The van der Waals surface area contributed by atoms with Crippen molar-refractivity contribution in [1.82, 2.24) is 15.1 Å². The molecule has 34 heavy (non-hydrogen) atoms. The Morgan fingerprint density at radius 3 is 2.12 bits per heavy atom. The third-order valence-corrected chi connectivity index (χ3v) is 6.78. The van der Waals surface area contributed by atoms with Gasteiger partial charge in [0.1, 0.15) is 5.75 Å². The smallest absolute Gasteiger partial charge is 0.326 e. The molecular formula is C28H29N3O3. The van der Waals surface area contributed by atoms with Crippen molar-refractivity contribution in [1.29, 1.82) is 0 Å². The van der Waals surface area contributed by atoms with Gasteiger partial charge in [-0.1, -0.05) is 72.8 Å². The fourth-order valence-electron chi connectivity index (χ4n) is 5.15. The summed E-state index contributed by atoms with van der Waals surface area (Å²) < 4.78 is 5.57. The van der Waals surface area contributed by atoms with Crippen LogP contribution in [0.15, 0.2) is 84.9 Å². The first-order valence-electron chi connectivity index (χ1n) is 11.9. The Hall–Kier alpha value is -3.64. The van der Waals surface area contributed by atoms with Crippen LogP contribution < -0.4 is 10.1 Å². The number of amides is 3. The van der Waals surface area contributed by atoms with Crippen LogP contribution in [0.3, 0.4) is 0 Å². The quantitative estimate of drug-likeness (QED) is 0.526. The van der Waals surface area contributed by atoms with Crippen molar-refractivity contribution in [3.63, 3.8) is 0 Å². The molecule has 0 radical (unpaired) electrons. The average Bonchev–Trinajstić information content (AvgIpc) is 3.44. The van der Waals surface area contributed by atoms with Gasteiger partial charge in [-0.25, -0.2) is 9.69 Å². The molecule has 3 aromatic carbocycles. The molecule has 0 saturated carbocycles. The number of rotatable bonds is 7. The molecule has 2 aliphatic rings. The first-order valence-corrected chi connectivity index (χ1v) is 11.9. The highest BCUT2D eigenvalue weighted by molar-refractivity contribution is 6.09. The number of imide groups is 1. The lowest BCUT2D eigenvalue weighted by molar-refractivity contribution is -0.131. The minimum absolute atomic E-state index is 0.153. The lowest BCUT2D eigenvalue weighted by Crippen LogP contribution is -2.46. The molecule has 5 rings (SSSR count). The number of nitrogens with zero attached hydrogens (tertiary/aromatic N) is 2. The van der Waals surface area contributed by atoms with E-state index in [1.165, 1.54) is 10.5 Å². The third-order valence-electron chi connectivity index (χ3n) is 6.78. The average molecular weight is 456 g/mol. The summed E-state index contributed by atoms with van der Waals surface area (Å²) >= 11 is 0. The zero-order valence-electron chi connectivity index (χ0n) is 19.3. The predicted molar refractivity (Wildman–Crippen MR) is 130 cm³/mol. The molecule has 3 amide bonds. The van der Waals surface area contributed by atoms with E-state index in [0.717, 1.165) is 36.3 Å². The summed E-state index contributed by atoms with van der Waals surface area (Å²) in [4.78, 5) is 30.8. The van der Waals surface area contributed by atoms with Crippen molar-refractivity contribution < 1.29 is 14.3 Å². The Bertz CT molecular complexity index is 1110. The summed E-state index contributed by atoms with van der Waals surface area (Å²) in [6.45, 7) is 3.68. The van der Waals surface area contributed by atoms with Gasteiger partial charge in [0.05, 0.1) is 13.3 Å². The Labute approximate surface area is 200 Å². The Morgan fingerprint density at radius 1 is 0.912 bits per heavy atom. The van der Waals surface area contributed by atoms with Gasteiger partial charge in [-0.15, -0.1) is 0 Å². The highest BCUT2D eigenvalue weighted by atomic mass is 16.5. The Balaban J connectivity index is 1.43. The number of nitrogens with one attached hydrogen (secondary N) is 1. The number of likely N-dealkylation sites (tertiary alicyclic amines) is 1. The number of carbonyl (C=O) groups excluding carboxylic acids is 2. The molecule has 2 saturated heterocycles. The van der Waals surface area contributed by atoms with E-state index in [9.17, 15) is 9.59 Å². The van der Waals surface area contributed by atoms with Gasteiger partial charge in [0.15, 0.2) is 5.54 Å². The number of hydrogen-bond acceptors (Lipinski definition) is 4. The predicted octanol–water partition coefficient (Wildman–Crippen LogP) is 4.68. The molecule has 6 nitrogen and oxygen atoms in total. The van der Waals surface area contributed by atoms with Crippen LogP contribution in [0.5, 0.6) is 5.75 Å². The molecule has 2 aliphatic heterocycles. The van der Waals surface area contributed by atoms with Gasteiger partial charge in [-0.2, -0.15) is 0 Å². The SMILES string of the molecule is CCOc1ccc(C2CCCN2CN2C(=O)NC(c3ccccc3)(c3ccccc3)C2=O)cc1. The molecule has 3 aromatic rings. The first-order chi connectivity index (χ1) is 16.6. The van der Waals surface area contributed by atoms with E-state index in [-0.39, 0.29) is 24.6 Å². The summed E-state index contributed by atoms with van der Waals surface area (Å²) in [5.41, 5.74) is 1.46.